The highest BCUT2D eigenvalue weighted by Gasteiger charge is 2.19. The van der Waals surface area contributed by atoms with Gasteiger partial charge in [0, 0.05) is 11.8 Å². The summed E-state index contributed by atoms with van der Waals surface area (Å²) in [6, 6.07) is 9.80. The highest BCUT2D eigenvalue weighted by Crippen LogP contribution is 2.25. The van der Waals surface area contributed by atoms with Gasteiger partial charge in [-0.05, 0) is 30.7 Å². The fraction of sp³-hybridized carbons (Fsp3) is 0.214. The molecule has 0 N–H and O–H groups in total. The lowest BCUT2D eigenvalue weighted by Crippen LogP contribution is -2.01. The Balaban J connectivity index is 2.05. The number of rotatable bonds is 5. The van der Waals surface area contributed by atoms with Crippen LogP contribution in [-0.2, 0) is 10.6 Å². The van der Waals surface area contributed by atoms with E-state index in [1.54, 1.807) is 31.2 Å². The van der Waals surface area contributed by atoms with E-state index in [1.165, 1.54) is 31.0 Å². The smallest absolute Gasteiger partial charge is 0.239 e. The maximum absolute atomic E-state index is 12.8. The molecule has 1 heterocycles. The van der Waals surface area contributed by atoms with Crippen molar-refractivity contribution in [1.82, 2.24) is 4.98 Å². The van der Waals surface area contributed by atoms with E-state index in [0.29, 0.717) is 22.1 Å². The van der Waals surface area contributed by atoms with E-state index in [-0.39, 0.29) is 5.82 Å². The molecule has 0 aliphatic heterocycles. The summed E-state index contributed by atoms with van der Waals surface area (Å²) in [4.78, 5) is 20.7. The molecule has 0 amide bonds. The van der Waals surface area contributed by atoms with Crippen molar-refractivity contribution in [1.29, 1.82) is 0 Å². The van der Waals surface area contributed by atoms with Crippen LogP contribution in [0, 0.1) is 17.6 Å². The van der Waals surface area contributed by atoms with Crippen molar-refractivity contribution in [2.24, 2.45) is 0 Å². The molecule has 1 aromatic heterocycles. The van der Waals surface area contributed by atoms with Crippen LogP contribution in [0.2, 0.25) is 0 Å². The van der Waals surface area contributed by atoms with Crippen molar-refractivity contribution in [3.05, 3.63) is 58.4 Å². The van der Waals surface area contributed by atoms with Crippen molar-refractivity contribution >= 4 is 17.4 Å². The van der Waals surface area contributed by atoms with Crippen LogP contribution in [0.3, 0.4) is 0 Å². The number of hydrogen-bond acceptors (Lipinski definition) is 4. The second-order valence-corrected chi connectivity index (χ2v) is 5.10. The summed E-state index contributed by atoms with van der Waals surface area (Å²) in [5, 5.41) is 0.806. The van der Waals surface area contributed by atoms with Crippen molar-refractivity contribution in [2.75, 3.05) is 7.11 Å². The summed E-state index contributed by atoms with van der Waals surface area (Å²) >= 11 is 1.53. The lowest BCUT2D eigenvalue weighted by atomic mass is 10.2. The molecular weight excluding hydrogens is 279 g/mol. The molecule has 0 saturated carbocycles. The van der Waals surface area contributed by atoms with Gasteiger partial charge in [0.25, 0.3) is 4.92 Å². The third-order valence-electron chi connectivity index (χ3n) is 2.69. The Kier molecular flexibility index (Phi) is 4.68. The number of halogens is 1. The highest BCUT2D eigenvalue weighted by atomic mass is 32.2. The van der Waals surface area contributed by atoms with Crippen molar-refractivity contribution < 1.29 is 14.2 Å². The number of aromatic nitrogens is 1. The molecule has 6 heteroatoms. The minimum absolute atomic E-state index is 0.243. The van der Waals surface area contributed by atoms with Crippen LogP contribution in [0.4, 0.5) is 10.1 Å². The second kappa shape index (κ2) is 6.47. The van der Waals surface area contributed by atoms with E-state index in [2.05, 4.69) is 9.82 Å². The number of benzene rings is 1. The molecule has 20 heavy (non-hydrogen) atoms. The van der Waals surface area contributed by atoms with Crippen LogP contribution < -0.4 is 0 Å². The second-order valence-electron chi connectivity index (χ2n) is 4.11. The monoisotopic (exact) mass is 293 g/mol. The van der Waals surface area contributed by atoms with Gasteiger partial charge in [0.2, 0.25) is 0 Å². The average Bonchev–Trinajstić information content (AvgIpc) is 2.46. The minimum Gasteiger partial charge on any atom is -0.239 e. The lowest BCUT2D eigenvalue weighted by Gasteiger charge is -2.02. The molecule has 0 aliphatic carbocycles. The molecule has 1 aromatic carbocycles. The summed E-state index contributed by atoms with van der Waals surface area (Å²) in [6.45, 7) is 1.75. The third kappa shape index (κ3) is 3.54. The van der Waals surface area contributed by atoms with Gasteiger partial charge in [-0.25, -0.2) is 14.2 Å². The van der Waals surface area contributed by atoms with E-state index in [9.17, 15) is 9.30 Å². The minimum atomic E-state index is -0.243. The highest BCUT2D eigenvalue weighted by molar-refractivity contribution is 7.98. The standard InChI is InChI=1S/C14H14FN2O2S/c1-10-13(17(18)19-2)7-8-14(16-10)20-9-11-3-5-12(15)6-4-11/h3-8H,9H2,1-2H3/q+1. The van der Waals surface area contributed by atoms with Gasteiger partial charge in [0.15, 0.2) is 7.11 Å². The molecule has 4 nitrogen and oxygen atoms in total. The van der Waals surface area contributed by atoms with Crippen LogP contribution >= 0.6 is 11.8 Å². The number of nitrogens with zero attached hydrogens (tertiary/aromatic N) is 2. The topological polar surface area (TPSA) is 42.2 Å². The third-order valence-corrected chi connectivity index (χ3v) is 3.70. The first kappa shape index (κ1) is 14.5. The number of aryl methyl sites for hydroxylation is 1. The van der Waals surface area contributed by atoms with Crippen LogP contribution in [0.5, 0.6) is 0 Å². The first-order valence-electron chi connectivity index (χ1n) is 5.96. The molecule has 0 atom stereocenters. The lowest BCUT2D eigenvalue weighted by molar-refractivity contribution is -0.737. The average molecular weight is 293 g/mol. The van der Waals surface area contributed by atoms with E-state index in [1.807, 2.05) is 0 Å². The Morgan fingerprint density at radius 3 is 2.55 bits per heavy atom. The summed E-state index contributed by atoms with van der Waals surface area (Å²) in [5.41, 5.74) is 2.01. The SMILES string of the molecule is CO[N+](=O)c1ccc(SCc2ccc(F)cc2)nc1C. The van der Waals surface area contributed by atoms with Crippen LogP contribution in [0.15, 0.2) is 41.4 Å². The number of pyridine rings is 1. The largest absolute Gasteiger partial charge is 0.337 e. The zero-order valence-corrected chi connectivity index (χ0v) is 12.0. The van der Waals surface area contributed by atoms with E-state index >= 15 is 0 Å². The predicted molar refractivity (Wildman–Crippen MR) is 75.2 cm³/mol. The zero-order chi connectivity index (χ0) is 14.5. The van der Waals surface area contributed by atoms with Gasteiger partial charge in [0.1, 0.15) is 11.5 Å². The van der Waals surface area contributed by atoms with Crippen molar-refractivity contribution in [3.8, 4) is 0 Å². The van der Waals surface area contributed by atoms with E-state index in [0.717, 1.165) is 10.6 Å². The Labute approximate surface area is 120 Å². The fourth-order valence-corrected chi connectivity index (χ4v) is 2.51. The Bertz CT molecular complexity index is 617. The normalized spacial score (nSPS) is 10.3. The summed E-state index contributed by atoms with van der Waals surface area (Å²) in [6.07, 6.45) is 0. The van der Waals surface area contributed by atoms with Crippen molar-refractivity contribution in [3.63, 3.8) is 0 Å². The molecule has 2 rings (SSSR count). The Hall–Kier alpha value is -1.95. The Morgan fingerprint density at radius 1 is 1.25 bits per heavy atom. The summed E-state index contributed by atoms with van der Waals surface area (Å²) < 4.78 is 12.8. The molecule has 2 aromatic rings. The molecule has 0 spiro atoms. The zero-order valence-electron chi connectivity index (χ0n) is 11.2. The molecular formula is C14H14FN2O2S+. The van der Waals surface area contributed by atoms with Gasteiger partial charge in [0.05, 0.1) is 9.93 Å². The molecule has 104 valence electrons. The van der Waals surface area contributed by atoms with Gasteiger partial charge in [-0.2, -0.15) is 0 Å². The first-order chi connectivity index (χ1) is 9.60. The molecule has 0 aliphatic rings. The van der Waals surface area contributed by atoms with E-state index in [4.69, 9.17) is 0 Å². The van der Waals surface area contributed by atoms with Gasteiger partial charge >= 0.3 is 5.69 Å². The molecule has 0 radical (unpaired) electrons. The van der Waals surface area contributed by atoms with Gasteiger partial charge < -0.3 is 0 Å². The fourth-order valence-electron chi connectivity index (χ4n) is 1.64. The van der Waals surface area contributed by atoms with Gasteiger partial charge in [-0.3, -0.25) is 0 Å². The number of hydrogen-bond donors (Lipinski definition) is 0. The first-order valence-corrected chi connectivity index (χ1v) is 6.95. The molecule has 0 bridgehead atoms. The number of thioether (sulfide) groups is 1. The quantitative estimate of drug-likeness (QED) is 0.621. The predicted octanol–water partition coefficient (Wildman–Crippen LogP) is 3.79. The van der Waals surface area contributed by atoms with Crippen LogP contribution in [-0.4, -0.2) is 17.0 Å². The molecule has 0 unspecified atom stereocenters. The van der Waals surface area contributed by atoms with Gasteiger partial charge in [-0.1, -0.05) is 12.1 Å². The summed E-state index contributed by atoms with van der Waals surface area (Å²) in [5.74, 6) is 0.449. The van der Waals surface area contributed by atoms with Crippen molar-refractivity contribution in [2.45, 2.75) is 17.7 Å². The summed E-state index contributed by atoms with van der Waals surface area (Å²) in [7, 11) is 1.31. The van der Waals surface area contributed by atoms with Gasteiger partial charge in [-0.15, -0.1) is 11.8 Å². The maximum Gasteiger partial charge on any atom is 0.337 e. The Morgan fingerprint density at radius 2 is 1.95 bits per heavy atom. The maximum atomic E-state index is 12.8. The molecule has 0 saturated heterocycles. The van der Waals surface area contributed by atoms with Crippen LogP contribution in [0.1, 0.15) is 11.3 Å². The molecule has 0 fully saturated rings. The van der Waals surface area contributed by atoms with Crippen LogP contribution in [0.25, 0.3) is 0 Å². The van der Waals surface area contributed by atoms with E-state index < -0.39 is 0 Å².